The minimum Gasteiger partial charge on any atom is -0.383 e. The molecule has 0 spiro atoms. The van der Waals surface area contributed by atoms with Crippen LogP contribution >= 0.6 is 36.2 Å². The lowest BCUT2D eigenvalue weighted by molar-refractivity contribution is -0.118. The first-order valence-corrected chi connectivity index (χ1v) is 6.51. The highest BCUT2D eigenvalue weighted by molar-refractivity contribution is 7.14. The first-order chi connectivity index (χ1) is 9.20. The second kappa shape index (κ2) is 9.64. The van der Waals surface area contributed by atoms with E-state index in [-0.39, 0.29) is 37.3 Å². The number of hydrogen-bond donors (Lipinski definition) is 2. The Morgan fingerprint density at radius 3 is 2.81 bits per heavy atom. The third kappa shape index (κ3) is 5.56. The van der Waals surface area contributed by atoms with Crippen LogP contribution in [0, 0.1) is 0 Å². The van der Waals surface area contributed by atoms with Crippen molar-refractivity contribution in [2.24, 2.45) is 5.73 Å². The zero-order valence-corrected chi connectivity index (χ0v) is 13.6. The summed E-state index contributed by atoms with van der Waals surface area (Å²) in [6, 6.07) is 4.88. The van der Waals surface area contributed by atoms with Crippen LogP contribution in [0.25, 0.3) is 11.4 Å². The van der Waals surface area contributed by atoms with Crippen LogP contribution in [-0.4, -0.2) is 35.6 Å². The average molecular weight is 351 g/mol. The molecule has 0 fully saturated rings. The molecule has 0 aliphatic rings. The Morgan fingerprint density at radius 1 is 1.43 bits per heavy atom. The van der Waals surface area contributed by atoms with E-state index >= 15 is 0 Å². The summed E-state index contributed by atoms with van der Waals surface area (Å²) in [6.07, 6.45) is 1.70. The van der Waals surface area contributed by atoms with Crippen molar-refractivity contribution in [3.8, 4) is 11.4 Å². The van der Waals surface area contributed by atoms with E-state index < -0.39 is 6.04 Å². The average Bonchev–Trinajstić information content (AvgIpc) is 2.88. The molecule has 116 valence electrons. The molecule has 0 radical (unpaired) electrons. The van der Waals surface area contributed by atoms with Gasteiger partial charge in [0.15, 0.2) is 5.13 Å². The molecule has 0 saturated carbocycles. The van der Waals surface area contributed by atoms with Crippen LogP contribution in [-0.2, 0) is 9.53 Å². The summed E-state index contributed by atoms with van der Waals surface area (Å²) in [5, 5.41) is 4.98. The summed E-state index contributed by atoms with van der Waals surface area (Å²) in [4.78, 5) is 20.2. The number of rotatable bonds is 5. The number of nitrogens with two attached hydrogens (primary N) is 1. The van der Waals surface area contributed by atoms with Gasteiger partial charge in [0.2, 0.25) is 5.91 Å². The van der Waals surface area contributed by atoms with Crippen LogP contribution < -0.4 is 11.1 Å². The Bertz CT molecular complexity index is 553. The maximum Gasteiger partial charge on any atom is 0.245 e. The summed E-state index contributed by atoms with van der Waals surface area (Å²) in [5.41, 5.74) is 7.11. The molecule has 2 heterocycles. The molecule has 1 unspecified atom stereocenters. The number of methoxy groups -OCH3 is 1. The van der Waals surface area contributed by atoms with Gasteiger partial charge >= 0.3 is 0 Å². The standard InChI is InChI=1S/C12H14N4O2S.2ClH/c1-18-6-8(13)11(17)16-12-15-10(7-19-12)9-4-2-3-5-14-9;;/h2-5,7-8H,6,13H2,1H3,(H,15,16,17);2*1H. The molecule has 2 aromatic rings. The zero-order chi connectivity index (χ0) is 13.7. The number of carbonyl (C=O) groups is 1. The van der Waals surface area contributed by atoms with Crippen LogP contribution in [0.15, 0.2) is 29.8 Å². The van der Waals surface area contributed by atoms with Crippen molar-refractivity contribution >= 4 is 47.2 Å². The number of hydrogen-bond acceptors (Lipinski definition) is 6. The van der Waals surface area contributed by atoms with E-state index in [1.807, 2.05) is 23.6 Å². The molecule has 0 aliphatic heterocycles. The van der Waals surface area contributed by atoms with Gasteiger partial charge in [-0.1, -0.05) is 6.07 Å². The third-order valence-corrected chi connectivity index (χ3v) is 3.10. The monoisotopic (exact) mass is 350 g/mol. The molecule has 2 aromatic heterocycles. The van der Waals surface area contributed by atoms with Crippen molar-refractivity contribution in [1.29, 1.82) is 0 Å². The Balaban J connectivity index is 0.00000200. The van der Waals surface area contributed by atoms with E-state index in [4.69, 9.17) is 10.5 Å². The second-order valence-corrected chi connectivity index (χ2v) is 4.66. The summed E-state index contributed by atoms with van der Waals surface area (Å²) in [5.74, 6) is -0.316. The molecule has 1 atom stereocenters. The minimum absolute atomic E-state index is 0. The van der Waals surface area contributed by atoms with Crippen molar-refractivity contribution in [3.05, 3.63) is 29.8 Å². The number of ether oxygens (including phenoxy) is 1. The van der Waals surface area contributed by atoms with Gasteiger partial charge in [0.1, 0.15) is 11.7 Å². The van der Waals surface area contributed by atoms with E-state index in [1.54, 1.807) is 6.20 Å². The second-order valence-electron chi connectivity index (χ2n) is 3.80. The highest BCUT2D eigenvalue weighted by atomic mass is 35.5. The molecule has 0 saturated heterocycles. The normalized spacial score (nSPS) is 11.0. The van der Waals surface area contributed by atoms with E-state index in [0.29, 0.717) is 5.13 Å². The highest BCUT2D eigenvalue weighted by Gasteiger charge is 2.15. The third-order valence-electron chi connectivity index (χ3n) is 2.34. The van der Waals surface area contributed by atoms with Gasteiger partial charge in [-0.25, -0.2) is 4.98 Å². The number of carbonyl (C=O) groups excluding carboxylic acids is 1. The fourth-order valence-electron chi connectivity index (χ4n) is 1.42. The molecule has 1 amide bonds. The van der Waals surface area contributed by atoms with Gasteiger partial charge < -0.3 is 15.8 Å². The van der Waals surface area contributed by atoms with Crippen molar-refractivity contribution in [2.45, 2.75) is 6.04 Å². The molecule has 0 aromatic carbocycles. The van der Waals surface area contributed by atoms with Crippen molar-refractivity contribution < 1.29 is 9.53 Å². The predicted octanol–water partition coefficient (Wildman–Crippen LogP) is 1.96. The van der Waals surface area contributed by atoms with Crippen LogP contribution in [0.5, 0.6) is 0 Å². The molecule has 6 nitrogen and oxygen atoms in total. The topological polar surface area (TPSA) is 90.1 Å². The Morgan fingerprint density at radius 2 is 2.19 bits per heavy atom. The molecule has 0 aliphatic carbocycles. The quantitative estimate of drug-likeness (QED) is 0.860. The number of pyridine rings is 1. The largest absolute Gasteiger partial charge is 0.383 e. The Hall–Kier alpha value is -1.25. The van der Waals surface area contributed by atoms with Crippen LogP contribution in [0.3, 0.4) is 0 Å². The number of anilines is 1. The molecular weight excluding hydrogens is 335 g/mol. The smallest absolute Gasteiger partial charge is 0.245 e. The van der Waals surface area contributed by atoms with E-state index in [0.717, 1.165) is 11.4 Å². The SMILES string of the molecule is COCC(N)C(=O)Nc1nc(-c2ccccn2)cs1.Cl.Cl. The first kappa shape index (κ1) is 19.8. The maximum atomic E-state index is 11.7. The van der Waals surface area contributed by atoms with Crippen LogP contribution in [0.1, 0.15) is 0 Å². The Labute approximate surface area is 138 Å². The summed E-state index contributed by atoms with van der Waals surface area (Å²) in [6.45, 7) is 0.171. The van der Waals surface area contributed by atoms with E-state index in [2.05, 4.69) is 15.3 Å². The Kier molecular flexibility index (Phi) is 9.07. The molecule has 0 bridgehead atoms. The van der Waals surface area contributed by atoms with Gasteiger partial charge in [-0.05, 0) is 12.1 Å². The summed E-state index contributed by atoms with van der Waals surface area (Å²) >= 11 is 1.33. The van der Waals surface area contributed by atoms with Crippen LogP contribution in [0.2, 0.25) is 0 Å². The van der Waals surface area contributed by atoms with Gasteiger partial charge in [-0.2, -0.15) is 0 Å². The van der Waals surface area contributed by atoms with Gasteiger partial charge in [0.05, 0.1) is 12.3 Å². The van der Waals surface area contributed by atoms with E-state index in [1.165, 1.54) is 18.4 Å². The zero-order valence-electron chi connectivity index (χ0n) is 11.2. The molecular formula is C12H16Cl2N4O2S. The van der Waals surface area contributed by atoms with Crippen molar-refractivity contribution in [1.82, 2.24) is 9.97 Å². The summed E-state index contributed by atoms with van der Waals surface area (Å²) < 4.78 is 4.82. The maximum absolute atomic E-state index is 11.7. The summed E-state index contributed by atoms with van der Waals surface area (Å²) in [7, 11) is 1.50. The molecule has 3 N–H and O–H groups in total. The first-order valence-electron chi connectivity index (χ1n) is 5.63. The predicted molar refractivity (Wildman–Crippen MR) is 88.3 cm³/mol. The fourth-order valence-corrected chi connectivity index (χ4v) is 2.12. The number of halogens is 2. The number of thiazole rings is 1. The lowest BCUT2D eigenvalue weighted by Gasteiger charge is -2.08. The van der Waals surface area contributed by atoms with Gasteiger partial charge in [-0.15, -0.1) is 36.2 Å². The fraction of sp³-hybridized carbons (Fsp3) is 0.250. The van der Waals surface area contributed by atoms with Crippen LogP contribution in [0.4, 0.5) is 5.13 Å². The lowest BCUT2D eigenvalue weighted by Crippen LogP contribution is -2.39. The van der Waals surface area contributed by atoms with Crippen molar-refractivity contribution in [2.75, 3.05) is 19.0 Å². The van der Waals surface area contributed by atoms with Gasteiger partial charge in [-0.3, -0.25) is 9.78 Å². The highest BCUT2D eigenvalue weighted by Crippen LogP contribution is 2.22. The molecule has 21 heavy (non-hydrogen) atoms. The van der Waals surface area contributed by atoms with Gasteiger partial charge in [0.25, 0.3) is 0 Å². The number of aromatic nitrogens is 2. The number of nitrogens with one attached hydrogen (secondary N) is 1. The number of nitrogens with zero attached hydrogens (tertiary/aromatic N) is 2. The minimum atomic E-state index is -0.702. The van der Waals surface area contributed by atoms with Crippen molar-refractivity contribution in [3.63, 3.8) is 0 Å². The molecule has 9 heteroatoms. The number of amides is 1. The molecule has 2 rings (SSSR count). The lowest BCUT2D eigenvalue weighted by atomic mass is 10.3. The van der Waals surface area contributed by atoms with E-state index in [9.17, 15) is 4.79 Å². The van der Waals surface area contributed by atoms with Gasteiger partial charge in [0, 0.05) is 18.7 Å².